The Balaban J connectivity index is 1.85. The summed E-state index contributed by atoms with van der Waals surface area (Å²) in [6, 6.07) is 9.00. The van der Waals surface area contributed by atoms with Crippen molar-refractivity contribution in [1.82, 2.24) is 0 Å². The number of allylic oxidation sites excluding steroid dienone is 1. The van der Waals surface area contributed by atoms with Crippen LogP contribution in [-0.4, -0.2) is 11.1 Å². The zero-order valence-corrected chi connectivity index (χ0v) is 13.8. The van der Waals surface area contributed by atoms with Crippen molar-refractivity contribution >= 4 is 16.4 Å². The van der Waals surface area contributed by atoms with Crippen LogP contribution in [0.5, 0.6) is 0 Å². The first kappa shape index (κ1) is 15.6. The molecule has 0 nitrogen and oxygen atoms in total. The second-order valence-electron chi connectivity index (χ2n) is 6.38. The van der Waals surface area contributed by atoms with Crippen molar-refractivity contribution in [2.24, 2.45) is 5.92 Å². The van der Waals surface area contributed by atoms with Crippen molar-refractivity contribution in [3.05, 3.63) is 42.0 Å². The van der Waals surface area contributed by atoms with Crippen molar-refractivity contribution in [2.75, 3.05) is 0 Å². The van der Waals surface area contributed by atoms with E-state index in [9.17, 15) is 0 Å². The summed E-state index contributed by atoms with van der Waals surface area (Å²) >= 11 is 0. The lowest BCUT2D eigenvalue weighted by molar-refractivity contribution is 0.345. The molecule has 1 aromatic rings. The highest BCUT2D eigenvalue weighted by molar-refractivity contribution is 8.14. The molecule has 0 N–H and O–H groups in total. The van der Waals surface area contributed by atoms with Crippen molar-refractivity contribution < 1.29 is 0 Å². The third-order valence-electron chi connectivity index (χ3n) is 4.50. The van der Waals surface area contributed by atoms with Crippen molar-refractivity contribution in [1.29, 1.82) is 0 Å². The first-order chi connectivity index (χ1) is 9.56. The highest BCUT2D eigenvalue weighted by Gasteiger charge is 2.22. The average Bonchev–Trinajstić information content (AvgIpc) is 2.46. The minimum Gasteiger partial charge on any atom is -0.159 e. The maximum atomic E-state index is 4.47. The molecule has 1 fully saturated rings. The van der Waals surface area contributed by atoms with Crippen LogP contribution in [0.2, 0.25) is 0 Å². The monoisotopic (exact) mass is 288 g/mol. The van der Waals surface area contributed by atoms with E-state index in [-0.39, 0.29) is 10.5 Å². The van der Waals surface area contributed by atoms with Gasteiger partial charge < -0.3 is 0 Å². The zero-order chi connectivity index (χ0) is 14.5. The zero-order valence-electron chi connectivity index (χ0n) is 13.0. The van der Waals surface area contributed by atoms with E-state index >= 15 is 0 Å². The van der Waals surface area contributed by atoms with Crippen LogP contribution in [0.15, 0.2) is 41.3 Å². The molecule has 1 aromatic carbocycles. The van der Waals surface area contributed by atoms with Gasteiger partial charge in [-0.2, -0.15) is 10.5 Å². The molecular formula is C19H28S. The van der Waals surface area contributed by atoms with Crippen LogP contribution < -0.4 is 0 Å². The van der Waals surface area contributed by atoms with Gasteiger partial charge in [-0.1, -0.05) is 29.1 Å². The van der Waals surface area contributed by atoms with Gasteiger partial charge in [0, 0.05) is 10.1 Å². The van der Waals surface area contributed by atoms with Crippen molar-refractivity contribution in [2.45, 2.75) is 62.5 Å². The molecule has 2 rings (SSSR count). The normalized spacial score (nSPS) is 24.3. The van der Waals surface area contributed by atoms with E-state index in [0.29, 0.717) is 0 Å². The summed E-state index contributed by atoms with van der Waals surface area (Å²) in [5.74, 6) is 5.40. The largest absolute Gasteiger partial charge is 0.159 e. The molecule has 1 atom stereocenters. The second kappa shape index (κ2) is 7.26. The molecule has 110 valence electrons. The molecule has 0 saturated heterocycles. The number of rotatable bonds is 5. The lowest BCUT2D eigenvalue weighted by Crippen LogP contribution is -2.17. The predicted octanol–water partition coefficient (Wildman–Crippen LogP) is 5.97. The van der Waals surface area contributed by atoms with Gasteiger partial charge in [-0.05, 0) is 70.4 Å². The third-order valence-corrected chi connectivity index (χ3v) is 6.65. The van der Waals surface area contributed by atoms with Gasteiger partial charge in [-0.3, -0.25) is 0 Å². The Morgan fingerprint density at radius 1 is 1.15 bits per heavy atom. The Labute approximate surface area is 127 Å². The van der Waals surface area contributed by atoms with Crippen LogP contribution in [0.25, 0.3) is 0 Å². The van der Waals surface area contributed by atoms with Gasteiger partial charge in [0.05, 0.1) is 0 Å². The highest BCUT2D eigenvalue weighted by atomic mass is 32.2. The van der Waals surface area contributed by atoms with E-state index in [4.69, 9.17) is 0 Å². The Bertz CT molecular complexity index is 461. The van der Waals surface area contributed by atoms with Crippen LogP contribution in [0.3, 0.4) is 0 Å². The van der Waals surface area contributed by atoms with Crippen LogP contribution in [-0.2, 0) is 0 Å². The second-order valence-corrected chi connectivity index (χ2v) is 8.38. The highest BCUT2D eigenvalue weighted by Crippen LogP contribution is 2.41. The van der Waals surface area contributed by atoms with E-state index < -0.39 is 0 Å². The average molecular weight is 289 g/mol. The molecular weight excluding hydrogens is 260 g/mol. The fourth-order valence-electron chi connectivity index (χ4n) is 3.06. The molecule has 0 spiro atoms. The van der Waals surface area contributed by atoms with E-state index in [0.717, 1.165) is 11.2 Å². The number of benzene rings is 1. The molecule has 0 radical (unpaired) electrons. The van der Waals surface area contributed by atoms with Crippen LogP contribution >= 0.6 is 10.5 Å². The first-order valence-corrected chi connectivity index (χ1v) is 9.26. The SMILES string of the molecule is C=C(C)CCC1CCC(S(=C)c2ccc(C)cc2)CC1. The van der Waals surface area contributed by atoms with Crippen LogP contribution in [0.4, 0.5) is 0 Å². The lowest BCUT2D eigenvalue weighted by Gasteiger charge is -2.30. The van der Waals surface area contributed by atoms with Gasteiger partial charge in [0.25, 0.3) is 0 Å². The summed E-state index contributed by atoms with van der Waals surface area (Å²) in [4.78, 5) is 1.45. The smallest absolute Gasteiger partial charge is 0.00357 e. The number of hydrogen-bond acceptors (Lipinski definition) is 0. The molecule has 0 bridgehead atoms. The summed E-state index contributed by atoms with van der Waals surface area (Å²) in [5, 5.41) is 0.804. The summed E-state index contributed by atoms with van der Waals surface area (Å²) in [7, 11) is 0.177. The van der Waals surface area contributed by atoms with Gasteiger partial charge in [-0.25, -0.2) is 0 Å². The molecule has 0 amide bonds. The minimum atomic E-state index is 0.177. The van der Waals surface area contributed by atoms with Crippen molar-refractivity contribution in [3.63, 3.8) is 0 Å². The van der Waals surface area contributed by atoms with Gasteiger partial charge >= 0.3 is 0 Å². The summed E-state index contributed by atoms with van der Waals surface area (Å²) < 4.78 is 0. The molecule has 1 aliphatic rings. The third kappa shape index (κ3) is 4.34. The number of aryl methyl sites for hydroxylation is 1. The summed E-state index contributed by atoms with van der Waals surface area (Å²) in [6.07, 6.45) is 8.06. The molecule has 0 heterocycles. The molecule has 1 saturated carbocycles. The molecule has 1 heteroatoms. The van der Waals surface area contributed by atoms with Crippen LogP contribution in [0.1, 0.15) is 51.0 Å². The van der Waals surface area contributed by atoms with Gasteiger partial charge in [0.1, 0.15) is 0 Å². The lowest BCUT2D eigenvalue weighted by atomic mass is 9.85. The van der Waals surface area contributed by atoms with E-state index in [1.165, 1.54) is 54.6 Å². The van der Waals surface area contributed by atoms with Gasteiger partial charge in [0.2, 0.25) is 0 Å². The van der Waals surface area contributed by atoms with E-state index in [1.807, 2.05) is 0 Å². The first-order valence-electron chi connectivity index (χ1n) is 7.80. The van der Waals surface area contributed by atoms with E-state index in [2.05, 4.69) is 50.6 Å². The molecule has 1 unspecified atom stereocenters. The maximum absolute atomic E-state index is 4.47. The van der Waals surface area contributed by atoms with Crippen molar-refractivity contribution in [3.8, 4) is 0 Å². The van der Waals surface area contributed by atoms with Gasteiger partial charge in [-0.15, -0.1) is 6.58 Å². The topological polar surface area (TPSA) is 0 Å². The van der Waals surface area contributed by atoms with Crippen LogP contribution in [0, 0.1) is 12.8 Å². The minimum absolute atomic E-state index is 0.177. The molecule has 0 aromatic heterocycles. The van der Waals surface area contributed by atoms with Gasteiger partial charge in [0.15, 0.2) is 0 Å². The Hall–Kier alpha value is -0.820. The number of hydrogen-bond donors (Lipinski definition) is 0. The quantitative estimate of drug-likeness (QED) is 0.462. The standard InChI is InChI=1S/C19H28S/c1-15(2)5-8-17-9-13-19(14-10-17)20(4)18-11-6-16(3)7-12-18/h6-7,11-12,17,19H,1,4-5,8-10,13-14H2,2-3H3. The molecule has 0 aliphatic heterocycles. The fourth-order valence-corrected chi connectivity index (χ4v) is 4.77. The molecule has 1 aliphatic carbocycles. The predicted molar refractivity (Wildman–Crippen MR) is 94.0 cm³/mol. The summed E-state index contributed by atoms with van der Waals surface area (Å²) in [6.45, 7) is 8.32. The Morgan fingerprint density at radius 3 is 2.30 bits per heavy atom. The fraction of sp³-hybridized carbons (Fsp3) is 0.526. The Kier molecular flexibility index (Phi) is 5.65. The maximum Gasteiger partial charge on any atom is 0.00357 e. The summed E-state index contributed by atoms with van der Waals surface area (Å²) in [5.41, 5.74) is 2.68. The van der Waals surface area contributed by atoms with E-state index in [1.54, 1.807) is 0 Å². The molecule has 20 heavy (non-hydrogen) atoms. The Morgan fingerprint density at radius 2 is 1.75 bits per heavy atom.